The van der Waals surface area contributed by atoms with Gasteiger partial charge in [-0.1, -0.05) is 115 Å². The van der Waals surface area contributed by atoms with Crippen LogP contribution >= 0.6 is 0 Å². The highest BCUT2D eigenvalue weighted by Crippen LogP contribution is 2.46. The molecule has 11 rings (SSSR count). The Kier molecular flexibility index (Phi) is 4.10. The second kappa shape index (κ2) is 7.94. The van der Waals surface area contributed by atoms with E-state index < -0.39 is 0 Å². The van der Waals surface area contributed by atoms with E-state index in [0.29, 0.717) is 0 Å². The quantitative estimate of drug-likeness (QED) is 0.200. The summed E-state index contributed by atoms with van der Waals surface area (Å²) in [5.74, 6) is 0. The standard InChI is InChI=1S/C42H24N2/c1-2-9-25(10-3-1)26-18-22-38-35(23-26)40-28(20-21-34-30-12-5-6-15-36(30)43(38)42(34)40)27-17-19-31-33-14-8-13-32-29-11-4-7-16-37(29)44(41(32)33)39(31)24-27/h1-24H. The summed E-state index contributed by atoms with van der Waals surface area (Å²) in [5.41, 5.74) is 12.7. The minimum absolute atomic E-state index is 1.24. The van der Waals surface area contributed by atoms with Gasteiger partial charge in [-0.3, -0.25) is 0 Å². The van der Waals surface area contributed by atoms with Crippen molar-refractivity contribution in [2.45, 2.75) is 0 Å². The van der Waals surface area contributed by atoms with Crippen LogP contribution in [0.3, 0.4) is 0 Å². The Hall–Kier alpha value is -5.86. The second-order valence-corrected chi connectivity index (χ2v) is 12.1. The first-order valence-corrected chi connectivity index (χ1v) is 15.3. The number of para-hydroxylation sites is 3. The number of hydrogen-bond donors (Lipinski definition) is 0. The Morgan fingerprint density at radius 2 is 0.864 bits per heavy atom. The lowest BCUT2D eigenvalue weighted by molar-refractivity contribution is 1.37. The third-order valence-corrected chi connectivity index (χ3v) is 9.99. The molecule has 0 saturated carbocycles. The minimum atomic E-state index is 1.24. The average Bonchev–Trinajstić information content (AvgIpc) is 3.81. The van der Waals surface area contributed by atoms with Gasteiger partial charge < -0.3 is 8.80 Å². The van der Waals surface area contributed by atoms with Crippen molar-refractivity contribution in [2.75, 3.05) is 0 Å². The third kappa shape index (κ3) is 2.68. The van der Waals surface area contributed by atoms with Crippen molar-refractivity contribution in [3.05, 3.63) is 146 Å². The first kappa shape index (κ1) is 22.7. The molecule has 0 unspecified atom stereocenters. The molecule has 11 aromatic rings. The molecule has 0 saturated heterocycles. The molecule has 4 aromatic heterocycles. The maximum atomic E-state index is 2.49. The van der Waals surface area contributed by atoms with Crippen LogP contribution in [0.4, 0.5) is 0 Å². The molecule has 0 aliphatic rings. The van der Waals surface area contributed by atoms with Gasteiger partial charge in [0.2, 0.25) is 0 Å². The average molecular weight is 557 g/mol. The topological polar surface area (TPSA) is 8.82 Å². The van der Waals surface area contributed by atoms with Crippen LogP contribution in [0.2, 0.25) is 0 Å². The van der Waals surface area contributed by atoms with Gasteiger partial charge in [0.15, 0.2) is 0 Å². The van der Waals surface area contributed by atoms with Crippen LogP contribution in [-0.2, 0) is 0 Å². The van der Waals surface area contributed by atoms with Crippen LogP contribution in [0.1, 0.15) is 0 Å². The van der Waals surface area contributed by atoms with Crippen molar-refractivity contribution in [3.63, 3.8) is 0 Å². The predicted octanol–water partition coefficient (Wildman–Crippen LogP) is 11.3. The van der Waals surface area contributed by atoms with E-state index >= 15 is 0 Å². The number of hydrogen-bond acceptors (Lipinski definition) is 0. The molecular formula is C42H24N2. The van der Waals surface area contributed by atoms with Gasteiger partial charge in [0.05, 0.1) is 33.1 Å². The van der Waals surface area contributed by atoms with Crippen LogP contribution < -0.4 is 0 Å². The van der Waals surface area contributed by atoms with Gasteiger partial charge in [0.1, 0.15) is 0 Å². The molecule has 44 heavy (non-hydrogen) atoms. The van der Waals surface area contributed by atoms with Crippen LogP contribution in [0, 0.1) is 0 Å². The number of rotatable bonds is 2. The van der Waals surface area contributed by atoms with Crippen molar-refractivity contribution in [2.24, 2.45) is 0 Å². The number of fused-ring (bicyclic) bond motifs is 12. The van der Waals surface area contributed by atoms with E-state index in [1.54, 1.807) is 0 Å². The van der Waals surface area contributed by atoms with Crippen LogP contribution in [0.25, 0.3) is 98.4 Å². The van der Waals surface area contributed by atoms with E-state index in [1.165, 1.54) is 98.4 Å². The third-order valence-electron chi connectivity index (χ3n) is 9.99. The molecule has 0 aliphatic heterocycles. The molecule has 0 aliphatic carbocycles. The van der Waals surface area contributed by atoms with E-state index in [2.05, 4.69) is 154 Å². The van der Waals surface area contributed by atoms with Crippen molar-refractivity contribution in [3.8, 4) is 22.3 Å². The molecule has 4 heterocycles. The molecule has 0 amide bonds. The summed E-state index contributed by atoms with van der Waals surface area (Å²) in [4.78, 5) is 0. The molecule has 7 aromatic carbocycles. The lowest BCUT2D eigenvalue weighted by atomic mass is 9.95. The van der Waals surface area contributed by atoms with Crippen molar-refractivity contribution in [1.82, 2.24) is 8.80 Å². The maximum absolute atomic E-state index is 2.49. The number of nitrogens with zero attached hydrogens (tertiary/aromatic N) is 2. The van der Waals surface area contributed by atoms with Crippen LogP contribution in [-0.4, -0.2) is 8.80 Å². The number of benzene rings is 7. The largest absolute Gasteiger partial charge is 0.308 e. The Bertz CT molecular complexity index is 2920. The monoisotopic (exact) mass is 556 g/mol. The molecule has 2 nitrogen and oxygen atoms in total. The summed E-state index contributed by atoms with van der Waals surface area (Å²) >= 11 is 0. The fourth-order valence-electron chi connectivity index (χ4n) is 8.16. The van der Waals surface area contributed by atoms with Crippen molar-refractivity contribution >= 4 is 76.2 Å². The smallest absolute Gasteiger partial charge is 0.0626 e. The fraction of sp³-hybridized carbons (Fsp3) is 0. The van der Waals surface area contributed by atoms with Gasteiger partial charge in [-0.15, -0.1) is 0 Å². The molecule has 2 heteroatoms. The van der Waals surface area contributed by atoms with Gasteiger partial charge in [0, 0.05) is 43.1 Å². The summed E-state index contributed by atoms with van der Waals surface area (Å²) in [7, 11) is 0. The molecule has 0 bridgehead atoms. The maximum Gasteiger partial charge on any atom is 0.0626 e. The molecule has 0 N–H and O–H groups in total. The molecule has 0 spiro atoms. The van der Waals surface area contributed by atoms with Gasteiger partial charge in [-0.05, 0) is 52.6 Å². The molecule has 0 fully saturated rings. The molecule has 0 radical (unpaired) electrons. The van der Waals surface area contributed by atoms with E-state index in [9.17, 15) is 0 Å². The van der Waals surface area contributed by atoms with Gasteiger partial charge in [0.25, 0.3) is 0 Å². The van der Waals surface area contributed by atoms with E-state index in [0.717, 1.165) is 0 Å². The zero-order chi connectivity index (χ0) is 28.5. The zero-order valence-corrected chi connectivity index (χ0v) is 23.8. The summed E-state index contributed by atoms with van der Waals surface area (Å²) in [6, 6.07) is 53.9. The van der Waals surface area contributed by atoms with Crippen molar-refractivity contribution in [1.29, 1.82) is 0 Å². The summed E-state index contributed by atoms with van der Waals surface area (Å²) < 4.78 is 4.97. The molecular weight excluding hydrogens is 532 g/mol. The van der Waals surface area contributed by atoms with Crippen LogP contribution in [0.5, 0.6) is 0 Å². The first-order valence-electron chi connectivity index (χ1n) is 15.3. The summed E-state index contributed by atoms with van der Waals surface area (Å²) in [5, 5.41) is 10.5. The number of aromatic nitrogens is 2. The first-order chi connectivity index (χ1) is 21.8. The highest BCUT2D eigenvalue weighted by molar-refractivity contribution is 6.28. The Balaban J connectivity index is 1.29. The lowest BCUT2D eigenvalue weighted by Crippen LogP contribution is -1.84. The predicted molar refractivity (Wildman–Crippen MR) is 187 cm³/mol. The fourth-order valence-corrected chi connectivity index (χ4v) is 8.16. The molecule has 202 valence electrons. The van der Waals surface area contributed by atoms with E-state index in [1.807, 2.05) is 0 Å². The van der Waals surface area contributed by atoms with Crippen LogP contribution in [0.15, 0.2) is 146 Å². The van der Waals surface area contributed by atoms with E-state index in [-0.39, 0.29) is 0 Å². The normalized spacial score (nSPS) is 12.5. The van der Waals surface area contributed by atoms with Gasteiger partial charge in [-0.2, -0.15) is 0 Å². The highest BCUT2D eigenvalue weighted by Gasteiger charge is 2.22. The Morgan fingerprint density at radius 3 is 1.64 bits per heavy atom. The van der Waals surface area contributed by atoms with Gasteiger partial charge >= 0.3 is 0 Å². The highest BCUT2D eigenvalue weighted by atomic mass is 14.9. The van der Waals surface area contributed by atoms with E-state index in [4.69, 9.17) is 0 Å². The summed E-state index contributed by atoms with van der Waals surface area (Å²) in [6.45, 7) is 0. The zero-order valence-electron chi connectivity index (χ0n) is 23.8. The summed E-state index contributed by atoms with van der Waals surface area (Å²) in [6.07, 6.45) is 0. The minimum Gasteiger partial charge on any atom is -0.308 e. The Morgan fingerprint density at radius 1 is 0.295 bits per heavy atom. The second-order valence-electron chi connectivity index (χ2n) is 12.1. The SMILES string of the molecule is c1ccc(-c2ccc3c(c2)c2c(-c4ccc5c6cccc7c8ccccc8n(c5c4)c76)ccc4c5ccccc5n3c42)cc1. The van der Waals surface area contributed by atoms with Gasteiger partial charge in [-0.25, -0.2) is 0 Å². The molecule has 0 atom stereocenters. The lowest BCUT2D eigenvalue weighted by Gasteiger charge is -2.08. The Labute approximate surface area is 252 Å². The van der Waals surface area contributed by atoms with Crippen molar-refractivity contribution < 1.29 is 0 Å².